The predicted molar refractivity (Wildman–Crippen MR) is 183 cm³/mol. The molecule has 0 saturated heterocycles. The first-order chi connectivity index (χ1) is 23.9. The number of benzene rings is 8. The monoisotopic (exact) mass is 552 g/mol. The van der Waals surface area contributed by atoms with Crippen molar-refractivity contribution in [3.8, 4) is 33.4 Å². The maximum Gasteiger partial charge on any atom is 0.136 e. The van der Waals surface area contributed by atoms with Gasteiger partial charge in [0.25, 0.3) is 0 Å². The van der Waals surface area contributed by atoms with Crippen LogP contribution in [0.5, 0.6) is 0 Å². The van der Waals surface area contributed by atoms with Crippen LogP contribution in [0.3, 0.4) is 0 Å². The van der Waals surface area contributed by atoms with Crippen molar-refractivity contribution in [3.05, 3.63) is 158 Å². The molecule has 0 aliphatic heterocycles. The summed E-state index contributed by atoms with van der Waals surface area (Å²) in [4.78, 5) is 0. The predicted octanol–water partition coefficient (Wildman–Crippen LogP) is 12.0. The van der Waals surface area contributed by atoms with Crippen LogP contribution in [0.15, 0.2) is 162 Å². The van der Waals surface area contributed by atoms with Crippen LogP contribution in [-0.4, -0.2) is 0 Å². The number of fused-ring (bicyclic) bond motifs is 6. The van der Waals surface area contributed by atoms with Gasteiger partial charge in [-0.2, -0.15) is 0 Å². The second kappa shape index (κ2) is 9.44. The van der Waals surface area contributed by atoms with E-state index in [1.54, 1.807) is 0 Å². The van der Waals surface area contributed by atoms with Gasteiger partial charge in [0.15, 0.2) is 0 Å². The second-order valence-electron chi connectivity index (χ2n) is 10.7. The lowest BCUT2D eigenvalue weighted by Crippen LogP contribution is -1.92. The molecule has 9 rings (SSSR count). The topological polar surface area (TPSA) is 13.1 Å². The molecule has 0 amide bonds. The van der Waals surface area contributed by atoms with Crippen molar-refractivity contribution < 1.29 is 12.6 Å². The Morgan fingerprint density at radius 2 is 1.02 bits per heavy atom. The van der Waals surface area contributed by atoms with E-state index < -0.39 is 6.04 Å². The molecule has 0 spiro atoms. The molecule has 0 atom stereocenters. The van der Waals surface area contributed by atoms with Crippen molar-refractivity contribution in [3.63, 3.8) is 0 Å². The van der Waals surface area contributed by atoms with E-state index in [2.05, 4.69) is 24.3 Å². The van der Waals surface area contributed by atoms with Gasteiger partial charge in [-0.15, -0.1) is 0 Å². The molecule has 9 aromatic rings. The van der Waals surface area contributed by atoms with Crippen LogP contribution in [-0.2, 0) is 0 Å². The van der Waals surface area contributed by atoms with Gasteiger partial charge in [0.05, 0.1) is 8.22 Å². The summed E-state index contributed by atoms with van der Waals surface area (Å²) in [5.74, 6) is 0. The van der Waals surface area contributed by atoms with E-state index in [9.17, 15) is 2.74 Å². The highest BCUT2D eigenvalue weighted by Gasteiger charge is 2.20. The van der Waals surface area contributed by atoms with Crippen LogP contribution in [0.1, 0.15) is 8.22 Å². The summed E-state index contributed by atoms with van der Waals surface area (Å²) in [6, 6.07) is 38.1. The maximum atomic E-state index is 9.80. The fraction of sp³-hybridized carbons (Fsp3) is 0. The first-order valence-corrected chi connectivity index (χ1v) is 14.3. The van der Waals surface area contributed by atoms with Crippen molar-refractivity contribution in [2.24, 2.45) is 0 Å². The Labute approximate surface area is 257 Å². The molecule has 1 nitrogen and oxygen atoms in total. The molecule has 200 valence electrons. The minimum atomic E-state index is -0.404. The van der Waals surface area contributed by atoms with E-state index in [0.717, 1.165) is 54.6 Å². The molecule has 0 aliphatic rings. The fourth-order valence-corrected chi connectivity index (χ4v) is 6.55. The Balaban J connectivity index is 1.50. The van der Waals surface area contributed by atoms with Crippen LogP contribution in [0.25, 0.3) is 87.6 Å². The normalized spacial score (nSPS) is 13.7. The van der Waals surface area contributed by atoms with Gasteiger partial charge < -0.3 is 4.42 Å². The summed E-state index contributed by atoms with van der Waals surface area (Å²) in [7, 11) is 0. The summed E-state index contributed by atoms with van der Waals surface area (Å²) >= 11 is 0. The van der Waals surface area contributed by atoms with Crippen molar-refractivity contribution in [1.29, 1.82) is 0 Å². The van der Waals surface area contributed by atoms with Gasteiger partial charge >= 0.3 is 0 Å². The Morgan fingerprint density at radius 1 is 0.419 bits per heavy atom. The molecule has 1 heterocycles. The third-order valence-corrected chi connectivity index (χ3v) is 8.35. The second-order valence-corrected chi connectivity index (χ2v) is 10.7. The highest BCUT2D eigenvalue weighted by atomic mass is 16.3. The number of rotatable bonds is 3. The summed E-state index contributed by atoms with van der Waals surface area (Å²) < 4.78 is 60.6. The summed E-state index contributed by atoms with van der Waals surface area (Å²) in [5.41, 5.74) is 5.64. The molecule has 0 unspecified atom stereocenters. The molecule has 0 saturated carbocycles. The Kier molecular flexibility index (Phi) is 4.11. The fourth-order valence-electron chi connectivity index (χ4n) is 6.55. The molecular weight excluding hydrogens is 520 g/mol. The third-order valence-electron chi connectivity index (χ3n) is 8.35. The molecule has 43 heavy (non-hydrogen) atoms. The Morgan fingerprint density at radius 3 is 1.77 bits per heavy atom. The minimum absolute atomic E-state index is 0.0414. The zero-order chi connectivity index (χ0) is 33.6. The first-order valence-electron chi connectivity index (χ1n) is 17.3. The Bertz CT molecular complexity index is 2780. The molecular formula is C42H26O. The van der Waals surface area contributed by atoms with Gasteiger partial charge in [-0.25, -0.2) is 0 Å². The van der Waals surface area contributed by atoms with Gasteiger partial charge in [-0.05, 0) is 89.9 Å². The summed E-state index contributed by atoms with van der Waals surface area (Å²) in [5, 5.41) is 5.85. The summed E-state index contributed by atoms with van der Waals surface area (Å²) in [6.07, 6.45) is 0. The highest BCUT2D eigenvalue weighted by molar-refractivity contribution is 6.26. The number of hydrogen-bond donors (Lipinski definition) is 0. The smallest absolute Gasteiger partial charge is 0.136 e. The van der Waals surface area contributed by atoms with Crippen molar-refractivity contribution in [2.75, 3.05) is 0 Å². The van der Waals surface area contributed by atoms with Gasteiger partial charge in [0.1, 0.15) is 11.2 Å². The molecule has 0 N–H and O–H groups in total. The highest BCUT2D eigenvalue weighted by Crippen LogP contribution is 2.47. The molecule has 1 heteroatoms. The largest absolute Gasteiger partial charge is 0.456 e. The van der Waals surface area contributed by atoms with E-state index >= 15 is 0 Å². The van der Waals surface area contributed by atoms with Crippen LogP contribution in [0, 0.1) is 0 Å². The lowest BCUT2D eigenvalue weighted by molar-refractivity contribution is 0.669. The zero-order valence-electron chi connectivity index (χ0n) is 29.0. The average molecular weight is 553 g/mol. The molecule has 0 fully saturated rings. The first kappa shape index (κ1) is 18.7. The van der Waals surface area contributed by atoms with Crippen molar-refractivity contribution >= 4 is 54.3 Å². The average Bonchev–Trinajstić information content (AvgIpc) is 3.52. The minimum Gasteiger partial charge on any atom is -0.456 e. The Hall–Kier alpha value is -5.66. The summed E-state index contributed by atoms with van der Waals surface area (Å²) in [6.45, 7) is 0. The van der Waals surface area contributed by atoms with Gasteiger partial charge in [-0.1, -0.05) is 133 Å². The van der Waals surface area contributed by atoms with Crippen molar-refractivity contribution in [2.45, 2.75) is 0 Å². The standard InChI is InChI=1S/C42H26O/c1-2-13-27(14-3-1)37-26-29(25-28-15-4-5-16-30(28)37)40-31-17-6-8-19-33(31)41(34-20-9-7-18-32(34)40)36-22-12-24-39-42(36)35-21-10-11-23-38(35)43-39/h1-26H/i4D,5D,15D,16D,25D,26D. The van der Waals surface area contributed by atoms with Crippen LogP contribution in [0.4, 0.5) is 0 Å². The van der Waals surface area contributed by atoms with Crippen LogP contribution in [0.2, 0.25) is 0 Å². The number of furan rings is 1. The van der Waals surface area contributed by atoms with Crippen molar-refractivity contribution in [1.82, 2.24) is 0 Å². The van der Waals surface area contributed by atoms with Gasteiger partial charge in [-0.3, -0.25) is 0 Å². The van der Waals surface area contributed by atoms with Crippen LogP contribution >= 0.6 is 0 Å². The quantitative estimate of drug-likeness (QED) is 0.199. The van der Waals surface area contributed by atoms with Crippen LogP contribution < -0.4 is 0 Å². The lowest BCUT2D eigenvalue weighted by Gasteiger charge is -2.19. The molecule has 0 radical (unpaired) electrons. The number of hydrogen-bond acceptors (Lipinski definition) is 1. The van der Waals surface area contributed by atoms with E-state index in [0.29, 0.717) is 22.3 Å². The molecule has 0 bridgehead atoms. The van der Waals surface area contributed by atoms with Gasteiger partial charge in [0, 0.05) is 10.8 Å². The lowest BCUT2D eigenvalue weighted by atomic mass is 9.83. The van der Waals surface area contributed by atoms with E-state index in [-0.39, 0.29) is 41.0 Å². The molecule has 1 aromatic heterocycles. The number of para-hydroxylation sites is 1. The van der Waals surface area contributed by atoms with E-state index in [1.807, 2.05) is 97.1 Å². The van der Waals surface area contributed by atoms with E-state index in [1.165, 1.54) is 0 Å². The molecule has 8 aromatic carbocycles. The molecule has 0 aliphatic carbocycles. The zero-order valence-corrected chi connectivity index (χ0v) is 23.0. The van der Waals surface area contributed by atoms with E-state index in [4.69, 9.17) is 9.90 Å². The SMILES string of the molecule is [2H]c1c([2H])c([2H])c2c(-c3ccccc3)c([2H])c(-c3c4ccccc4c(-c4cccc5oc6ccccc6c45)c4ccccc34)c([2H])c2c1[2H]. The maximum absolute atomic E-state index is 9.80. The van der Waals surface area contributed by atoms with Gasteiger partial charge in [0.2, 0.25) is 0 Å². The third kappa shape index (κ3) is 3.65.